The van der Waals surface area contributed by atoms with Crippen LogP contribution in [0.4, 0.5) is 0 Å². The van der Waals surface area contributed by atoms with E-state index in [1.165, 1.54) is 5.56 Å². The van der Waals surface area contributed by atoms with Crippen molar-refractivity contribution in [2.24, 2.45) is 4.99 Å². The molecule has 0 bridgehead atoms. The maximum absolute atomic E-state index is 5.80. The molecule has 0 aliphatic rings. The predicted octanol–water partition coefficient (Wildman–Crippen LogP) is 4.56. The first-order chi connectivity index (χ1) is 11.3. The van der Waals surface area contributed by atoms with Gasteiger partial charge in [-0.3, -0.25) is 4.99 Å². The Morgan fingerprint density at radius 2 is 1.92 bits per heavy atom. The zero-order valence-corrected chi connectivity index (χ0v) is 19.3. The van der Waals surface area contributed by atoms with Crippen molar-refractivity contribution in [2.75, 3.05) is 14.1 Å². The van der Waals surface area contributed by atoms with E-state index in [2.05, 4.69) is 69.0 Å². The number of aliphatic imine (C=N–C) groups is 1. The van der Waals surface area contributed by atoms with Gasteiger partial charge in [0, 0.05) is 30.5 Å². The molecule has 25 heavy (non-hydrogen) atoms. The Balaban J connectivity index is 0.00000312. The maximum atomic E-state index is 5.80. The fourth-order valence-electron chi connectivity index (χ4n) is 2.22. The van der Waals surface area contributed by atoms with Crippen molar-refractivity contribution in [3.05, 3.63) is 52.1 Å². The second kappa shape index (κ2) is 9.56. The van der Waals surface area contributed by atoms with Crippen LogP contribution in [-0.4, -0.2) is 29.9 Å². The molecule has 0 saturated heterocycles. The van der Waals surface area contributed by atoms with Crippen LogP contribution in [0, 0.1) is 0 Å². The summed E-state index contributed by atoms with van der Waals surface area (Å²) in [5.41, 5.74) is 1.18. The smallest absolute Gasteiger partial charge is 0.213 e. The van der Waals surface area contributed by atoms with Crippen LogP contribution in [0.2, 0.25) is 0 Å². The Kier molecular flexibility index (Phi) is 8.40. The standard InChI is InChI=1S/C18H25BrN4O.HI/c1-18(2,3)15-10-21-16(24-15)11-22-17(20-4)23(5)12-13-6-8-14(19)9-7-13;/h6-10H,11-12H2,1-5H3,(H,20,22);1H. The third-order valence-corrected chi connectivity index (χ3v) is 4.13. The Labute approximate surface area is 175 Å². The molecule has 0 unspecified atom stereocenters. The lowest BCUT2D eigenvalue weighted by atomic mass is 9.94. The van der Waals surface area contributed by atoms with E-state index in [1.54, 1.807) is 13.2 Å². The number of nitrogens with one attached hydrogen (secondary N) is 1. The summed E-state index contributed by atoms with van der Waals surface area (Å²) < 4.78 is 6.88. The molecule has 2 rings (SSSR count). The third-order valence-electron chi connectivity index (χ3n) is 3.60. The van der Waals surface area contributed by atoms with Crippen molar-refractivity contribution in [3.63, 3.8) is 0 Å². The lowest BCUT2D eigenvalue weighted by Crippen LogP contribution is -2.38. The minimum absolute atomic E-state index is 0. The molecule has 0 radical (unpaired) electrons. The lowest BCUT2D eigenvalue weighted by Gasteiger charge is -2.21. The highest BCUT2D eigenvalue weighted by Crippen LogP contribution is 2.22. The topological polar surface area (TPSA) is 53.7 Å². The van der Waals surface area contributed by atoms with Crippen LogP contribution in [0.15, 0.2) is 44.3 Å². The molecular weight excluding hydrogens is 495 g/mol. The predicted molar refractivity (Wildman–Crippen MR) is 116 cm³/mol. The summed E-state index contributed by atoms with van der Waals surface area (Å²) in [6.45, 7) is 7.60. The molecule has 5 nitrogen and oxygen atoms in total. The van der Waals surface area contributed by atoms with Crippen LogP contribution < -0.4 is 5.32 Å². The summed E-state index contributed by atoms with van der Waals surface area (Å²) in [6, 6.07) is 8.27. The molecule has 1 aromatic carbocycles. The molecule has 0 fully saturated rings. The zero-order chi connectivity index (χ0) is 17.7. The minimum atomic E-state index is -0.0364. The number of oxazole rings is 1. The molecule has 1 heterocycles. The van der Waals surface area contributed by atoms with Gasteiger partial charge in [0.15, 0.2) is 5.96 Å². The quantitative estimate of drug-likeness (QED) is 0.365. The van der Waals surface area contributed by atoms with E-state index in [0.29, 0.717) is 12.4 Å². The van der Waals surface area contributed by atoms with Crippen LogP contribution in [-0.2, 0) is 18.5 Å². The van der Waals surface area contributed by atoms with Gasteiger partial charge in [0.1, 0.15) is 5.76 Å². The van der Waals surface area contributed by atoms with Gasteiger partial charge in [-0.15, -0.1) is 24.0 Å². The molecule has 0 saturated carbocycles. The van der Waals surface area contributed by atoms with E-state index in [4.69, 9.17) is 4.42 Å². The van der Waals surface area contributed by atoms with Crippen molar-refractivity contribution < 1.29 is 4.42 Å². The van der Waals surface area contributed by atoms with Crippen molar-refractivity contribution in [3.8, 4) is 0 Å². The molecule has 0 aliphatic heterocycles. The number of nitrogens with zero attached hydrogens (tertiary/aromatic N) is 3. The average molecular weight is 521 g/mol. The van der Waals surface area contributed by atoms with Gasteiger partial charge in [0.2, 0.25) is 5.89 Å². The van der Waals surface area contributed by atoms with E-state index in [9.17, 15) is 0 Å². The third kappa shape index (κ3) is 6.62. The minimum Gasteiger partial charge on any atom is -0.443 e. The molecule has 138 valence electrons. The van der Waals surface area contributed by atoms with Crippen LogP contribution >= 0.6 is 39.9 Å². The van der Waals surface area contributed by atoms with Crippen LogP contribution in [0.1, 0.15) is 38.0 Å². The van der Waals surface area contributed by atoms with Gasteiger partial charge in [0.05, 0.1) is 12.7 Å². The summed E-state index contributed by atoms with van der Waals surface area (Å²) in [6.07, 6.45) is 1.80. The molecular formula is C18H26BrIN4O. The summed E-state index contributed by atoms with van der Waals surface area (Å²) in [5.74, 6) is 2.35. The van der Waals surface area contributed by atoms with Crippen molar-refractivity contribution >= 4 is 45.9 Å². The van der Waals surface area contributed by atoms with Crippen LogP contribution in [0.25, 0.3) is 0 Å². The summed E-state index contributed by atoms with van der Waals surface area (Å²) in [5, 5.41) is 3.29. The van der Waals surface area contributed by atoms with Crippen LogP contribution in [0.5, 0.6) is 0 Å². The Bertz CT molecular complexity index is 692. The second-order valence-corrected chi connectivity index (χ2v) is 7.67. The van der Waals surface area contributed by atoms with Gasteiger partial charge in [-0.05, 0) is 17.7 Å². The summed E-state index contributed by atoms with van der Waals surface area (Å²) in [7, 11) is 3.78. The number of halogens is 2. The van der Waals surface area contributed by atoms with Crippen LogP contribution in [0.3, 0.4) is 0 Å². The first-order valence-corrected chi connectivity index (χ1v) is 8.70. The summed E-state index contributed by atoms with van der Waals surface area (Å²) >= 11 is 3.45. The number of hydrogen-bond acceptors (Lipinski definition) is 3. The molecule has 7 heteroatoms. The van der Waals surface area contributed by atoms with Gasteiger partial charge >= 0.3 is 0 Å². The molecule has 0 aliphatic carbocycles. The fraction of sp³-hybridized carbons (Fsp3) is 0.444. The van der Waals surface area contributed by atoms with Gasteiger partial charge in [-0.2, -0.15) is 0 Å². The Morgan fingerprint density at radius 3 is 2.44 bits per heavy atom. The molecule has 0 atom stereocenters. The van der Waals surface area contributed by atoms with Gasteiger partial charge in [0.25, 0.3) is 0 Å². The second-order valence-electron chi connectivity index (χ2n) is 6.75. The van der Waals surface area contributed by atoms with Gasteiger partial charge in [-0.1, -0.05) is 48.8 Å². The van der Waals surface area contributed by atoms with Gasteiger partial charge in [-0.25, -0.2) is 4.98 Å². The van der Waals surface area contributed by atoms with E-state index in [1.807, 2.05) is 19.2 Å². The highest BCUT2D eigenvalue weighted by atomic mass is 127. The highest BCUT2D eigenvalue weighted by Gasteiger charge is 2.19. The van der Waals surface area contributed by atoms with E-state index >= 15 is 0 Å². The SMILES string of the molecule is CN=C(NCc1ncc(C(C)(C)C)o1)N(C)Cc1ccc(Br)cc1.I. The van der Waals surface area contributed by atoms with E-state index in [0.717, 1.165) is 22.7 Å². The van der Waals surface area contributed by atoms with E-state index in [-0.39, 0.29) is 29.4 Å². The zero-order valence-electron chi connectivity index (χ0n) is 15.3. The highest BCUT2D eigenvalue weighted by molar-refractivity contribution is 14.0. The number of hydrogen-bond donors (Lipinski definition) is 1. The maximum Gasteiger partial charge on any atom is 0.213 e. The fourth-order valence-corrected chi connectivity index (χ4v) is 2.48. The van der Waals surface area contributed by atoms with E-state index < -0.39 is 0 Å². The monoisotopic (exact) mass is 520 g/mol. The molecule has 2 aromatic rings. The van der Waals surface area contributed by atoms with Crippen molar-refractivity contribution in [1.82, 2.24) is 15.2 Å². The Morgan fingerprint density at radius 1 is 1.28 bits per heavy atom. The normalized spacial score (nSPS) is 11.8. The summed E-state index contributed by atoms with van der Waals surface area (Å²) in [4.78, 5) is 10.7. The number of rotatable bonds is 4. The Hall–Kier alpha value is -1.09. The number of aromatic nitrogens is 1. The molecule has 1 aromatic heterocycles. The first kappa shape index (κ1) is 22.0. The number of benzene rings is 1. The van der Waals surface area contributed by atoms with Crippen molar-refractivity contribution in [1.29, 1.82) is 0 Å². The number of guanidine groups is 1. The lowest BCUT2D eigenvalue weighted by molar-refractivity contribution is 0.376. The molecule has 1 N–H and O–H groups in total. The largest absolute Gasteiger partial charge is 0.443 e. The van der Waals surface area contributed by atoms with Gasteiger partial charge < -0.3 is 14.6 Å². The average Bonchev–Trinajstić information content (AvgIpc) is 2.99. The van der Waals surface area contributed by atoms with Crippen molar-refractivity contribution in [2.45, 2.75) is 39.3 Å². The molecule has 0 spiro atoms. The first-order valence-electron chi connectivity index (χ1n) is 7.91. The molecule has 0 amide bonds.